The van der Waals surface area contributed by atoms with Gasteiger partial charge in [0.05, 0.1) is 25.0 Å². The van der Waals surface area contributed by atoms with E-state index >= 15 is 0 Å². The zero-order valence-electron chi connectivity index (χ0n) is 39.1. The Bertz CT molecular complexity index is 818. The van der Waals surface area contributed by atoms with Gasteiger partial charge in [-0.2, -0.15) is 0 Å². The third kappa shape index (κ3) is 29.7. The van der Waals surface area contributed by atoms with Crippen molar-refractivity contribution in [2.24, 2.45) is 11.8 Å². The van der Waals surface area contributed by atoms with E-state index in [4.69, 9.17) is 14.2 Å². The molecule has 1 rings (SSSR count). The first-order chi connectivity index (χ1) is 28.0. The number of methoxy groups -OCH3 is 1. The molecule has 338 valence electrons. The zero-order chi connectivity index (χ0) is 41.4. The van der Waals surface area contributed by atoms with Gasteiger partial charge in [-0.15, -0.1) is 0 Å². The van der Waals surface area contributed by atoms with Gasteiger partial charge in [0.1, 0.15) is 0 Å². The minimum absolute atomic E-state index is 0.0737. The van der Waals surface area contributed by atoms with Crippen LogP contribution >= 0.6 is 0 Å². The van der Waals surface area contributed by atoms with Gasteiger partial charge in [-0.3, -0.25) is 14.5 Å². The second kappa shape index (κ2) is 40.3. The Morgan fingerprint density at radius 2 is 0.772 bits per heavy atom. The molecule has 0 aromatic rings. The average Bonchev–Trinajstić information content (AvgIpc) is 3.60. The van der Waals surface area contributed by atoms with E-state index in [1.165, 1.54) is 154 Å². The van der Waals surface area contributed by atoms with E-state index in [9.17, 15) is 9.59 Å². The number of carbonyl (C=O) groups is 2. The van der Waals surface area contributed by atoms with Crippen LogP contribution in [0.15, 0.2) is 0 Å². The van der Waals surface area contributed by atoms with E-state index in [-0.39, 0.29) is 23.8 Å². The predicted octanol–water partition coefficient (Wildman–Crippen LogP) is 15.1. The minimum atomic E-state index is 0.0737. The van der Waals surface area contributed by atoms with Crippen molar-refractivity contribution in [1.29, 1.82) is 0 Å². The zero-order valence-corrected chi connectivity index (χ0v) is 39.1. The second-order valence-electron chi connectivity index (χ2n) is 18.1. The molecule has 0 aromatic carbocycles. The summed E-state index contributed by atoms with van der Waals surface area (Å²) in [5, 5.41) is 0. The number of rotatable bonds is 43. The summed E-state index contributed by atoms with van der Waals surface area (Å²) in [6.45, 7) is 12.2. The Balaban J connectivity index is 2.44. The molecule has 1 aliphatic heterocycles. The van der Waals surface area contributed by atoms with E-state index in [1.54, 1.807) is 0 Å². The second-order valence-corrected chi connectivity index (χ2v) is 18.1. The van der Waals surface area contributed by atoms with Gasteiger partial charge in [0, 0.05) is 25.8 Å². The van der Waals surface area contributed by atoms with E-state index < -0.39 is 0 Å². The lowest BCUT2D eigenvalue weighted by atomic mass is 9.94. The summed E-state index contributed by atoms with van der Waals surface area (Å²) in [5.74, 6) is 0.346. The number of esters is 2. The van der Waals surface area contributed by atoms with Crippen LogP contribution in [0.25, 0.3) is 0 Å². The maximum absolute atomic E-state index is 13.1. The van der Waals surface area contributed by atoms with Crippen molar-refractivity contribution >= 4 is 11.9 Å². The summed E-state index contributed by atoms with van der Waals surface area (Å²) < 4.78 is 17.2. The molecule has 0 spiro atoms. The van der Waals surface area contributed by atoms with Crippen LogP contribution < -0.4 is 0 Å². The Kier molecular flexibility index (Phi) is 38.1. The molecular formula is C51H99NO5. The summed E-state index contributed by atoms with van der Waals surface area (Å²) in [4.78, 5) is 29.0. The van der Waals surface area contributed by atoms with Crippen molar-refractivity contribution in [1.82, 2.24) is 4.90 Å². The van der Waals surface area contributed by atoms with Gasteiger partial charge >= 0.3 is 11.9 Å². The molecule has 1 saturated heterocycles. The predicted molar refractivity (Wildman–Crippen MR) is 244 cm³/mol. The van der Waals surface area contributed by atoms with Crippen LogP contribution in [0.4, 0.5) is 0 Å². The summed E-state index contributed by atoms with van der Waals surface area (Å²) in [7, 11) is 1.81. The van der Waals surface area contributed by atoms with Crippen LogP contribution in [0.3, 0.4) is 0 Å². The number of nitrogens with zero attached hydrogens (tertiary/aromatic N) is 1. The first-order valence-corrected chi connectivity index (χ1v) is 25.6. The molecule has 57 heavy (non-hydrogen) atoms. The molecule has 1 aliphatic rings. The summed E-state index contributed by atoms with van der Waals surface area (Å²) in [6.07, 6.45) is 43.2. The average molecular weight is 806 g/mol. The van der Waals surface area contributed by atoms with Gasteiger partial charge in [0.15, 0.2) is 0 Å². The molecule has 4 unspecified atom stereocenters. The number of likely N-dealkylation sites (tertiary alicyclic amines) is 1. The highest BCUT2D eigenvalue weighted by atomic mass is 16.5. The normalized spacial score (nSPS) is 16.9. The van der Waals surface area contributed by atoms with Gasteiger partial charge in [-0.05, 0) is 83.6 Å². The highest BCUT2D eigenvalue weighted by Crippen LogP contribution is 2.31. The topological polar surface area (TPSA) is 65.1 Å². The molecule has 0 N–H and O–H groups in total. The maximum Gasteiger partial charge on any atom is 0.308 e. The lowest BCUT2D eigenvalue weighted by Crippen LogP contribution is -2.37. The Morgan fingerprint density at radius 1 is 0.439 bits per heavy atom. The Labute approximate surface area is 355 Å². The molecule has 4 atom stereocenters. The molecular weight excluding hydrogens is 707 g/mol. The minimum Gasteiger partial charge on any atom is -0.465 e. The van der Waals surface area contributed by atoms with Crippen LogP contribution in [-0.4, -0.2) is 62.4 Å². The number of carbonyl (C=O) groups excluding carboxylic acids is 2. The van der Waals surface area contributed by atoms with E-state index in [1.807, 2.05) is 7.11 Å². The van der Waals surface area contributed by atoms with Crippen molar-refractivity contribution in [2.75, 3.05) is 33.5 Å². The van der Waals surface area contributed by atoms with Crippen LogP contribution in [0, 0.1) is 11.8 Å². The van der Waals surface area contributed by atoms with Gasteiger partial charge in [-0.25, -0.2) is 0 Å². The standard InChI is InChI=1S/C51H99NO5/c1-6-10-14-18-20-26-36-46(34-24-16-12-8-3)50(53)56-44-31-22-28-38-48-40-41-49(52(48)42-30-33-43-55-5)39-29-23-32-45-57-51(54)47(35-25-17-13-9-4)37-27-21-19-15-11-7-2/h46-49H,6-45H2,1-5H3. The fourth-order valence-electron chi connectivity index (χ4n) is 9.18. The van der Waals surface area contributed by atoms with Crippen molar-refractivity contribution in [3.63, 3.8) is 0 Å². The first-order valence-electron chi connectivity index (χ1n) is 25.6. The lowest BCUT2D eigenvalue weighted by molar-refractivity contribution is -0.150. The quantitative estimate of drug-likeness (QED) is 0.0452. The smallest absolute Gasteiger partial charge is 0.308 e. The molecule has 0 saturated carbocycles. The van der Waals surface area contributed by atoms with Crippen molar-refractivity contribution in [3.8, 4) is 0 Å². The van der Waals surface area contributed by atoms with Crippen LogP contribution in [0.2, 0.25) is 0 Å². The van der Waals surface area contributed by atoms with Crippen LogP contribution in [-0.2, 0) is 23.8 Å². The molecule has 0 aromatic heterocycles. The summed E-state index contributed by atoms with van der Waals surface area (Å²) in [5.41, 5.74) is 0. The number of hydrogen-bond acceptors (Lipinski definition) is 6. The molecule has 6 nitrogen and oxygen atoms in total. The van der Waals surface area contributed by atoms with Gasteiger partial charge in [0.2, 0.25) is 0 Å². The van der Waals surface area contributed by atoms with E-state index in [2.05, 4.69) is 32.6 Å². The lowest BCUT2D eigenvalue weighted by Gasteiger charge is -2.30. The Hall–Kier alpha value is -1.14. The number of ether oxygens (including phenoxy) is 3. The summed E-state index contributed by atoms with van der Waals surface area (Å²) >= 11 is 0. The maximum atomic E-state index is 13.1. The summed E-state index contributed by atoms with van der Waals surface area (Å²) in [6, 6.07) is 1.35. The van der Waals surface area contributed by atoms with Crippen molar-refractivity contribution < 1.29 is 23.8 Å². The highest BCUT2D eigenvalue weighted by Gasteiger charge is 2.32. The van der Waals surface area contributed by atoms with Crippen LogP contribution in [0.1, 0.15) is 259 Å². The van der Waals surface area contributed by atoms with Gasteiger partial charge in [0.25, 0.3) is 0 Å². The van der Waals surface area contributed by atoms with Crippen LogP contribution in [0.5, 0.6) is 0 Å². The first kappa shape index (κ1) is 53.9. The van der Waals surface area contributed by atoms with Crippen molar-refractivity contribution in [3.05, 3.63) is 0 Å². The molecule has 1 fully saturated rings. The number of unbranched alkanes of at least 4 members (excludes halogenated alkanes) is 21. The fraction of sp³-hybridized carbons (Fsp3) is 0.961. The monoisotopic (exact) mass is 806 g/mol. The molecule has 0 bridgehead atoms. The van der Waals surface area contributed by atoms with Crippen molar-refractivity contribution in [2.45, 2.75) is 271 Å². The fourth-order valence-corrected chi connectivity index (χ4v) is 9.18. The molecule has 0 radical (unpaired) electrons. The third-order valence-corrected chi connectivity index (χ3v) is 12.9. The van der Waals surface area contributed by atoms with E-state index in [0.29, 0.717) is 25.3 Å². The molecule has 0 aliphatic carbocycles. The van der Waals surface area contributed by atoms with Gasteiger partial charge in [-0.1, -0.05) is 182 Å². The largest absolute Gasteiger partial charge is 0.465 e. The Morgan fingerprint density at radius 3 is 1.16 bits per heavy atom. The SMILES string of the molecule is CCCCCCCCC(CCCCCC)C(=O)OCCCCCC1CCC(CCCCCOC(=O)C(CCCCCC)CCCCCCCC)N1CCCCOC. The third-order valence-electron chi connectivity index (χ3n) is 12.9. The molecule has 6 heteroatoms. The highest BCUT2D eigenvalue weighted by molar-refractivity contribution is 5.72. The number of hydrogen-bond donors (Lipinski definition) is 0. The molecule has 1 heterocycles. The van der Waals surface area contributed by atoms with E-state index in [0.717, 1.165) is 90.1 Å². The molecule has 0 amide bonds. The van der Waals surface area contributed by atoms with Gasteiger partial charge < -0.3 is 14.2 Å².